The predicted octanol–water partition coefficient (Wildman–Crippen LogP) is 1.93. The minimum atomic E-state index is -2.78. The number of morpholine rings is 1. The van der Waals surface area contributed by atoms with Gasteiger partial charge in [-0.05, 0) is 14.0 Å². The van der Waals surface area contributed by atoms with Gasteiger partial charge in [-0.15, -0.1) is 0 Å². The average Bonchev–Trinajstić information content (AvgIpc) is 2.44. The van der Waals surface area contributed by atoms with Gasteiger partial charge in [0.1, 0.15) is 0 Å². The highest BCUT2D eigenvalue weighted by Gasteiger charge is 2.34. The lowest BCUT2D eigenvalue weighted by Gasteiger charge is -2.36. The molecule has 0 bridgehead atoms. The van der Waals surface area contributed by atoms with E-state index in [1.54, 1.807) is 6.66 Å². The van der Waals surface area contributed by atoms with E-state index in [0.717, 1.165) is 25.9 Å². The molecule has 3 unspecified atom stereocenters. The monoisotopic (exact) mass is 315 g/mol. The molecule has 2 rings (SSSR count). The molecule has 7 heteroatoms. The van der Waals surface area contributed by atoms with E-state index in [4.69, 9.17) is 15.8 Å². The first-order chi connectivity index (χ1) is 9.90. The molecule has 0 aliphatic carbocycles. The first-order valence-electron chi connectivity index (χ1n) is 7.58. The summed E-state index contributed by atoms with van der Waals surface area (Å²) in [6.07, 6.45) is 1.73. The van der Waals surface area contributed by atoms with Crippen LogP contribution in [0.15, 0.2) is 0 Å². The highest BCUT2D eigenvalue weighted by Crippen LogP contribution is 2.48. The number of ether oxygens (including phenoxy) is 1. The van der Waals surface area contributed by atoms with Gasteiger partial charge in [0.15, 0.2) is 0 Å². The summed E-state index contributed by atoms with van der Waals surface area (Å²) in [7, 11) is -0.717. The normalized spacial score (nSPS) is 32.5. The van der Waals surface area contributed by atoms with E-state index in [9.17, 15) is 4.57 Å². The number of likely N-dealkylation sites (N-methyl/N-ethyl adjacent to an activating group) is 1. The molecule has 21 heavy (non-hydrogen) atoms. The van der Waals surface area contributed by atoms with Crippen molar-refractivity contribution in [2.45, 2.75) is 38.0 Å². The van der Waals surface area contributed by atoms with Crippen molar-refractivity contribution in [2.24, 2.45) is 0 Å². The van der Waals surface area contributed by atoms with Crippen LogP contribution in [-0.2, 0) is 13.8 Å². The second-order valence-electron chi connectivity index (χ2n) is 6.20. The van der Waals surface area contributed by atoms with Crippen LogP contribution in [0.3, 0.4) is 0 Å². The Kier molecular flexibility index (Phi) is 5.81. The molecule has 0 aromatic rings. The molecule has 6 nitrogen and oxygen atoms in total. The van der Waals surface area contributed by atoms with Gasteiger partial charge in [0, 0.05) is 45.7 Å². The maximum atomic E-state index is 12.7. The second kappa shape index (κ2) is 7.21. The van der Waals surface area contributed by atoms with E-state index in [-0.39, 0.29) is 18.2 Å². The fourth-order valence-electron chi connectivity index (χ4n) is 3.02. The van der Waals surface area contributed by atoms with Crippen molar-refractivity contribution in [3.05, 3.63) is 11.4 Å². The van der Waals surface area contributed by atoms with Gasteiger partial charge >= 0.3 is 0 Å². The maximum Gasteiger partial charge on any atom is 0.269 e. The number of piperidine rings is 1. The Morgan fingerprint density at radius 2 is 2.05 bits per heavy atom. The molecule has 0 aromatic heterocycles. The van der Waals surface area contributed by atoms with Crippen molar-refractivity contribution >= 4 is 7.52 Å². The summed E-state index contributed by atoms with van der Waals surface area (Å²) in [4.78, 5) is 5.78. The summed E-state index contributed by atoms with van der Waals surface area (Å²) in [5, 5.41) is 0. The van der Waals surface area contributed by atoms with Crippen LogP contribution in [0, 0.1) is 6.57 Å². The summed E-state index contributed by atoms with van der Waals surface area (Å²) in [5.41, 5.74) is 0. The first-order valence-corrected chi connectivity index (χ1v) is 9.61. The van der Waals surface area contributed by atoms with E-state index in [2.05, 4.69) is 16.8 Å². The van der Waals surface area contributed by atoms with Gasteiger partial charge in [0.25, 0.3) is 7.52 Å². The van der Waals surface area contributed by atoms with Crippen LogP contribution in [0.5, 0.6) is 0 Å². The molecule has 0 saturated carbocycles. The molecular formula is C14H26N3O3P. The van der Waals surface area contributed by atoms with Crippen LogP contribution in [0.1, 0.15) is 19.8 Å². The zero-order valence-corrected chi connectivity index (χ0v) is 14.1. The van der Waals surface area contributed by atoms with Gasteiger partial charge in [-0.3, -0.25) is 4.57 Å². The third-order valence-corrected chi connectivity index (χ3v) is 6.20. The Labute approximate surface area is 127 Å². The van der Waals surface area contributed by atoms with E-state index < -0.39 is 7.52 Å². The zero-order valence-electron chi connectivity index (χ0n) is 13.2. The Morgan fingerprint density at radius 1 is 1.38 bits per heavy atom. The second-order valence-corrected chi connectivity index (χ2v) is 8.63. The Bertz CT molecular complexity index is 422. The SMILES string of the molecule is [C-]#[N+]C1CCN(P(C)(=O)OCC2CN(C)CC(C)O2)CC1. The minimum absolute atomic E-state index is 0.0206. The fourth-order valence-corrected chi connectivity index (χ4v) is 4.58. The first kappa shape index (κ1) is 16.9. The number of hydrogen-bond acceptors (Lipinski definition) is 4. The van der Waals surface area contributed by atoms with Crippen molar-refractivity contribution in [1.82, 2.24) is 9.57 Å². The highest BCUT2D eigenvalue weighted by atomic mass is 31.2. The van der Waals surface area contributed by atoms with Crippen molar-refractivity contribution < 1.29 is 13.8 Å². The standard InChI is InChI=1S/C14H26N3O3P/c1-12-9-16(3)10-14(20-12)11-19-21(4,18)17-7-5-13(15-2)6-8-17/h12-14H,5-11H2,1,3-4H3. The highest BCUT2D eigenvalue weighted by molar-refractivity contribution is 7.55. The van der Waals surface area contributed by atoms with Crippen molar-refractivity contribution in [3.8, 4) is 0 Å². The largest absolute Gasteiger partial charge is 0.370 e. The van der Waals surface area contributed by atoms with E-state index >= 15 is 0 Å². The summed E-state index contributed by atoms with van der Waals surface area (Å²) >= 11 is 0. The van der Waals surface area contributed by atoms with E-state index in [0.29, 0.717) is 19.7 Å². The lowest BCUT2D eigenvalue weighted by Crippen LogP contribution is -2.46. The summed E-state index contributed by atoms with van der Waals surface area (Å²) in [6.45, 7) is 14.2. The Morgan fingerprint density at radius 3 is 2.62 bits per heavy atom. The molecule has 0 aromatic carbocycles. The van der Waals surface area contributed by atoms with Crippen LogP contribution in [0.4, 0.5) is 0 Å². The van der Waals surface area contributed by atoms with Gasteiger partial charge in [0.2, 0.25) is 6.04 Å². The van der Waals surface area contributed by atoms with Gasteiger partial charge in [-0.25, -0.2) is 11.2 Å². The molecule has 0 N–H and O–H groups in total. The van der Waals surface area contributed by atoms with E-state index in [1.807, 2.05) is 11.6 Å². The molecule has 0 spiro atoms. The summed E-state index contributed by atoms with van der Waals surface area (Å²) in [6, 6.07) is 0.0810. The van der Waals surface area contributed by atoms with Gasteiger partial charge in [0.05, 0.1) is 18.8 Å². The molecule has 2 aliphatic rings. The van der Waals surface area contributed by atoms with E-state index in [1.165, 1.54) is 0 Å². The molecule has 2 fully saturated rings. The minimum Gasteiger partial charge on any atom is -0.370 e. The summed E-state index contributed by atoms with van der Waals surface area (Å²) in [5.74, 6) is 0. The third-order valence-electron chi connectivity index (χ3n) is 4.15. The molecular weight excluding hydrogens is 289 g/mol. The molecule has 2 saturated heterocycles. The molecule has 120 valence electrons. The van der Waals surface area contributed by atoms with Gasteiger partial charge in [-0.1, -0.05) is 0 Å². The average molecular weight is 315 g/mol. The van der Waals surface area contributed by atoms with Gasteiger partial charge < -0.3 is 19.0 Å². The topological polar surface area (TPSA) is 46.4 Å². The van der Waals surface area contributed by atoms with Crippen LogP contribution in [0.25, 0.3) is 4.85 Å². The fraction of sp³-hybridized carbons (Fsp3) is 0.929. The zero-order chi connectivity index (χ0) is 15.5. The Hall–Kier alpha value is -0.440. The van der Waals surface area contributed by atoms with Crippen molar-refractivity contribution in [2.75, 3.05) is 46.5 Å². The van der Waals surface area contributed by atoms with Crippen molar-refractivity contribution in [1.29, 1.82) is 0 Å². The van der Waals surface area contributed by atoms with Crippen LogP contribution in [0.2, 0.25) is 0 Å². The maximum absolute atomic E-state index is 12.7. The molecule has 0 amide bonds. The van der Waals surface area contributed by atoms with Crippen molar-refractivity contribution in [3.63, 3.8) is 0 Å². The van der Waals surface area contributed by atoms with Crippen LogP contribution < -0.4 is 0 Å². The molecule has 2 heterocycles. The third kappa shape index (κ3) is 4.77. The van der Waals surface area contributed by atoms with Gasteiger partial charge in [-0.2, -0.15) is 0 Å². The quantitative estimate of drug-likeness (QED) is 0.586. The lowest BCUT2D eigenvalue weighted by atomic mass is 10.1. The van der Waals surface area contributed by atoms with Crippen LogP contribution in [-0.4, -0.2) is 74.3 Å². The molecule has 0 radical (unpaired) electrons. The molecule has 2 aliphatic heterocycles. The van der Waals surface area contributed by atoms with Crippen LogP contribution >= 0.6 is 7.52 Å². The summed E-state index contributed by atoms with van der Waals surface area (Å²) < 4.78 is 26.2. The number of rotatable bonds is 4. The Balaban J connectivity index is 1.81. The lowest BCUT2D eigenvalue weighted by molar-refractivity contribution is -0.0853. The number of nitrogens with zero attached hydrogens (tertiary/aromatic N) is 3. The molecule has 3 atom stereocenters. The smallest absolute Gasteiger partial charge is 0.269 e. The number of hydrogen-bond donors (Lipinski definition) is 0. The predicted molar refractivity (Wildman–Crippen MR) is 82.5 cm³/mol.